The Balaban J connectivity index is 2.78. The average Bonchev–Trinajstić information content (AvgIpc) is 2.74. The Bertz CT molecular complexity index is 547. The number of carboxylic acids is 1. The third-order valence-corrected chi connectivity index (χ3v) is 3.52. The average molecular weight is 314 g/mol. The first-order valence-corrected chi connectivity index (χ1v) is 7.22. The van der Waals surface area contributed by atoms with Crippen LogP contribution in [-0.2, 0) is 4.79 Å². The Morgan fingerprint density at radius 2 is 2.10 bits per heavy atom. The summed E-state index contributed by atoms with van der Waals surface area (Å²) in [6.07, 6.45) is 0.312. The van der Waals surface area contributed by atoms with E-state index < -0.39 is 22.8 Å². The summed E-state index contributed by atoms with van der Waals surface area (Å²) in [5.74, 6) is -1.49. The molecule has 0 bridgehead atoms. The van der Waals surface area contributed by atoms with Crippen molar-refractivity contribution in [1.29, 1.82) is 0 Å². The molecule has 116 valence electrons. The van der Waals surface area contributed by atoms with Crippen LogP contribution >= 0.6 is 11.3 Å². The molecule has 1 aromatic heterocycles. The molecule has 8 heteroatoms. The van der Waals surface area contributed by atoms with E-state index in [9.17, 15) is 19.7 Å². The van der Waals surface area contributed by atoms with Crippen molar-refractivity contribution < 1.29 is 19.6 Å². The standard InChI is InChI=1S/C13H18N2O5S/c1-13(2,3)6-9(5-11(16)17)14-12(18)8-4-10(15(19)20)21-7-8/h4,7,9H,5-6H2,1-3H3,(H,14,18)(H,16,17). The highest BCUT2D eigenvalue weighted by Gasteiger charge is 2.24. The molecule has 0 radical (unpaired) electrons. The Labute approximate surface area is 126 Å². The SMILES string of the molecule is CC(C)(C)CC(CC(=O)O)NC(=O)c1csc([N+](=O)[O-])c1. The molecule has 0 saturated heterocycles. The van der Waals surface area contributed by atoms with E-state index in [0.29, 0.717) is 6.42 Å². The number of aliphatic carboxylic acids is 1. The lowest BCUT2D eigenvalue weighted by Gasteiger charge is -2.25. The molecular formula is C13H18N2O5S. The van der Waals surface area contributed by atoms with E-state index in [-0.39, 0.29) is 22.4 Å². The minimum atomic E-state index is -0.999. The summed E-state index contributed by atoms with van der Waals surface area (Å²) in [7, 11) is 0. The summed E-state index contributed by atoms with van der Waals surface area (Å²) < 4.78 is 0. The Hall–Kier alpha value is -1.96. The minimum Gasteiger partial charge on any atom is -0.481 e. The first kappa shape index (κ1) is 17.1. The number of rotatable bonds is 6. The van der Waals surface area contributed by atoms with Crippen molar-refractivity contribution >= 4 is 28.2 Å². The van der Waals surface area contributed by atoms with Crippen molar-refractivity contribution in [2.75, 3.05) is 0 Å². The highest BCUT2D eigenvalue weighted by Crippen LogP contribution is 2.24. The van der Waals surface area contributed by atoms with Crippen LogP contribution in [0.5, 0.6) is 0 Å². The zero-order valence-corrected chi connectivity index (χ0v) is 12.9. The molecule has 1 heterocycles. The van der Waals surface area contributed by atoms with E-state index in [1.165, 1.54) is 11.4 Å². The fraction of sp³-hybridized carbons (Fsp3) is 0.538. The minimum absolute atomic E-state index is 0.120. The summed E-state index contributed by atoms with van der Waals surface area (Å²) in [6, 6.07) is 0.670. The molecule has 0 saturated carbocycles. The number of nitrogens with zero attached hydrogens (tertiary/aromatic N) is 1. The van der Waals surface area contributed by atoms with Crippen LogP contribution in [0.25, 0.3) is 0 Å². The molecule has 0 aromatic carbocycles. The molecule has 1 rings (SSSR count). The first-order chi connectivity index (χ1) is 9.58. The molecule has 0 spiro atoms. The predicted octanol–water partition coefficient (Wildman–Crippen LogP) is 2.67. The van der Waals surface area contributed by atoms with Gasteiger partial charge in [-0.05, 0) is 11.8 Å². The van der Waals surface area contributed by atoms with Gasteiger partial charge in [0.1, 0.15) is 0 Å². The maximum Gasteiger partial charge on any atom is 0.324 e. The lowest BCUT2D eigenvalue weighted by atomic mass is 9.87. The van der Waals surface area contributed by atoms with Crippen LogP contribution in [0.1, 0.15) is 44.0 Å². The van der Waals surface area contributed by atoms with E-state index in [1.807, 2.05) is 20.8 Å². The van der Waals surface area contributed by atoms with E-state index in [2.05, 4.69) is 5.32 Å². The summed E-state index contributed by atoms with van der Waals surface area (Å²) in [6.45, 7) is 5.84. The zero-order valence-electron chi connectivity index (χ0n) is 12.1. The van der Waals surface area contributed by atoms with Gasteiger partial charge in [0.05, 0.1) is 16.9 Å². The maximum atomic E-state index is 12.0. The molecular weight excluding hydrogens is 296 g/mol. The smallest absolute Gasteiger partial charge is 0.324 e. The quantitative estimate of drug-likeness (QED) is 0.619. The van der Waals surface area contributed by atoms with Crippen LogP contribution in [0, 0.1) is 15.5 Å². The largest absolute Gasteiger partial charge is 0.481 e. The highest BCUT2D eigenvalue weighted by atomic mass is 32.1. The van der Waals surface area contributed by atoms with Crippen molar-refractivity contribution in [2.45, 2.75) is 39.7 Å². The highest BCUT2D eigenvalue weighted by molar-refractivity contribution is 7.13. The summed E-state index contributed by atoms with van der Waals surface area (Å²) in [5, 5.41) is 23.4. The van der Waals surface area contributed by atoms with Gasteiger partial charge in [0.25, 0.3) is 5.91 Å². The molecule has 21 heavy (non-hydrogen) atoms. The van der Waals surface area contributed by atoms with Gasteiger partial charge in [-0.1, -0.05) is 32.1 Å². The number of carboxylic acid groups (broad SMARTS) is 1. The summed E-state index contributed by atoms with van der Waals surface area (Å²) in [5.41, 5.74) is 0.0320. The van der Waals surface area contributed by atoms with Gasteiger partial charge in [0.15, 0.2) is 0 Å². The molecule has 2 N–H and O–H groups in total. The maximum absolute atomic E-state index is 12.0. The lowest BCUT2D eigenvalue weighted by molar-refractivity contribution is -0.380. The van der Waals surface area contributed by atoms with Crippen LogP contribution in [0.15, 0.2) is 11.4 Å². The second-order valence-electron chi connectivity index (χ2n) is 5.96. The fourth-order valence-corrected chi connectivity index (χ4v) is 2.64. The van der Waals surface area contributed by atoms with Crippen LogP contribution in [0.2, 0.25) is 0 Å². The van der Waals surface area contributed by atoms with Crippen LogP contribution < -0.4 is 5.32 Å². The molecule has 1 aromatic rings. The lowest BCUT2D eigenvalue weighted by Crippen LogP contribution is -2.38. The van der Waals surface area contributed by atoms with Crippen LogP contribution in [-0.4, -0.2) is 27.9 Å². The van der Waals surface area contributed by atoms with Crippen molar-refractivity contribution in [3.8, 4) is 0 Å². The van der Waals surface area contributed by atoms with Gasteiger partial charge in [0, 0.05) is 17.5 Å². The van der Waals surface area contributed by atoms with Gasteiger partial charge in [0.2, 0.25) is 0 Å². The summed E-state index contributed by atoms with van der Waals surface area (Å²) >= 11 is 0.864. The number of hydrogen-bond donors (Lipinski definition) is 2. The third-order valence-electron chi connectivity index (χ3n) is 2.64. The Kier molecular flexibility index (Phi) is 5.42. The van der Waals surface area contributed by atoms with Crippen molar-refractivity contribution in [3.63, 3.8) is 0 Å². The van der Waals surface area contributed by atoms with Gasteiger partial charge >= 0.3 is 11.0 Å². The molecule has 0 fully saturated rings. The zero-order chi connectivity index (χ0) is 16.2. The number of hydrogen-bond acceptors (Lipinski definition) is 5. The Morgan fingerprint density at radius 3 is 2.52 bits per heavy atom. The predicted molar refractivity (Wildman–Crippen MR) is 78.6 cm³/mol. The monoisotopic (exact) mass is 314 g/mol. The van der Waals surface area contributed by atoms with E-state index in [0.717, 1.165) is 11.3 Å². The van der Waals surface area contributed by atoms with Gasteiger partial charge in [-0.25, -0.2) is 0 Å². The van der Waals surface area contributed by atoms with Gasteiger partial charge in [-0.15, -0.1) is 0 Å². The Morgan fingerprint density at radius 1 is 1.48 bits per heavy atom. The molecule has 0 aliphatic heterocycles. The fourth-order valence-electron chi connectivity index (χ4n) is 1.93. The third kappa shape index (κ3) is 5.90. The number of nitro groups is 1. The van der Waals surface area contributed by atoms with Crippen molar-refractivity contribution in [1.82, 2.24) is 5.32 Å². The number of nitrogens with one attached hydrogen (secondary N) is 1. The van der Waals surface area contributed by atoms with Gasteiger partial charge in [-0.2, -0.15) is 0 Å². The van der Waals surface area contributed by atoms with Crippen molar-refractivity contribution in [3.05, 3.63) is 27.1 Å². The second kappa shape index (κ2) is 6.66. The molecule has 1 atom stereocenters. The van der Waals surface area contributed by atoms with Crippen LogP contribution in [0.4, 0.5) is 5.00 Å². The van der Waals surface area contributed by atoms with E-state index >= 15 is 0 Å². The first-order valence-electron chi connectivity index (χ1n) is 6.34. The molecule has 0 aliphatic carbocycles. The van der Waals surface area contributed by atoms with Crippen LogP contribution in [0.3, 0.4) is 0 Å². The number of carbonyl (C=O) groups excluding carboxylic acids is 1. The second-order valence-corrected chi connectivity index (χ2v) is 6.85. The normalized spacial score (nSPS) is 12.7. The molecule has 1 amide bonds. The number of thiophene rings is 1. The van der Waals surface area contributed by atoms with Gasteiger partial charge < -0.3 is 10.4 Å². The van der Waals surface area contributed by atoms with Crippen molar-refractivity contribution in [2.24, 2.45) is 5.41 Å². The summed E-state index contributed by atoms with van der Waals surface area (Å²) in [4.78, 5) is 32.9. The molecule has 7 nitrogen and oxygen atoms in total. The molecule has 1 unspecified atom stereocenters. The van der Waals surface area contributed by atoms with E-state index in [1.54, 1.807) is 0 Å². The van der Waals surface area contributed by atoms with E-state index in [4.69, 9.17) is 5.11 Å². The van der Waals surface area contributed by atoms with Gasteiger partial charge in [-0.3, -0.25) is 19.7 Å². The molecule has 0 aliphatic rings. The number of carbonyl (C=O) groups is 2. The number of amides is 1. The topological polar surface area (TPSA) is 110 Å².